The maximum Gasteiger partial charge on any atom is 0.0702 e. The Hall–Kier alpha value is -1.06. The zero-order valence-electron chi connectivity index (χ0n) is 11.9. The Morgan fingerprint density at radius 1 is 1.33 bits per heavy atom. The van der Waals surface area contributed by atoms with Gasteiger partial charge in [0.2, 0.25) is 0 Å². The Morgan fingerprint density at radius 3 is 2.61 bits per heavy atom. The molecule has 1 rings (SSSR count). The molecule has 3 nitrogen and oxygen atoms in total. The average Bonchev–Trinajstić information content (AvgIpc) is 2.34. The van der Waals surface area contributed by atoms with Crippen molar-refractivity contribution in [3.8, 4) is 0 Å². The van der Waals surface area contributed by atoms with Crippen LogP contribution in [0.4, 0.5) is 5.69 Å². The molecular weight excluding hydrogens is 226 g/mol. The number of nitrogens with zero attached hydrogens (tertiary/aromatic N) is 1. The van der Waals surface area contributed by atoms with Crippen LogP contribution in [0.5, 0.6) is 0 Å². The summed E-state index contributed by atoms with van der Waals surface area (Å²) in [6.45, 7) is 9.05. The Kier molecular flexibility index (Phi) is 6.16. The van der Waals surface area contributed by atoms with Gasteiger partial charge >= 0.3 is 0 Å². The van der Waals surface area contributed by atoms with E-state index in [9.17, 15) is 5.11 Å². The Morgan fingerprint density at radius 2 is 2.06 bits per heavy atom. The van der Waals surface area contributed by atoms with Gasteiger partial charge < -0.3 is 14.7 Å². The van der Waals surface area contributed by atoms with Crippen LogP contribution in [0.2, 0.25) is 0 Å². The summed E-state index contributed by atoms with van der Waals surface area (Å²) < 4.78 is 5.17. The fourth-order valence-electron chi connectivity index (χ4n) is 2.10. The predicted octanol–water partition coefficient (Wildman–Crippen LogP) is 2.60. The SMILES string of the molecule is COCCN(CC(C)C)c1ccc(C)cc1CO. The molecule has 1 N–H and O–H groups in total. The molecule has 0 bridgehead atoms. The number of methoxy groups -OCH3 is 1. The molecule has 0 aliphatic carbocycles. The van der Waals surface area contributed by atoms with Gasteiger partial charge in [-0.15, -0.1) is 0 Å². The first kappa shape index (κ1) is 15.0. The normalized spacial score (nSPS) is 11.0. The maximum absolute atomic E-state index is 9.49. The molecule has 0 heterocycles. The van der Waals surface area contributed by atoms with Crippen LogP contribution in [0.3, 0.4) is 0 Å². The Labute approximate surface area is 110 Å². The number of hydrogen-bond acceptors (Lipinski definition) is 3. The van der Waals surface area contributed by atoms with E-state index in [0.29, 0.717) is 12.5 Å². The fourth-order valence-corrected chi connectivity index (χ4v) is 2.10. The molecule has 0 aromatic heterocycles. The third-order valence-corrected chi connectivity index (χ3v) is 2.90. The van der Waals surface area contributed by atoms with Crippen molar-refractivity contribution in [1.29, 1.82) is 0 Å². The Bertz CT molecular complexity index is 364. The number of rotatable bonds is 7. The molecular formula is C15H25NO2. The lowest BCUT2D eigenvalue weighted by atomic mass is 10.1. The predicted molar refractivity (Wildman–Crippen MR) is 76.0 cm³/mol. The van der Waals surface area contributed by atoms with E-state index in [1.54, 1.807) is 7.11 Å². The van der Waals surface area contributed by atoms with Crippen LogP contribution in [0.15, 0.2) is 18.2 Å². The highest BCUT2D eigenvalue weighted by atomic mass is 16.5. The Balaban J connectivity index is 2.95. The highest BCUT2D eigenvalue weighted by molar-refractivity contribution is 5.54. The molecule has 0 aliphatic heterocycles. The number of benzene rings is 1. The van der Waals surface area contributed by atoms with Gasteiger partial charge in [-0.25, -0.2) is 0 Å². The molecule has 0 spiro atoms. The number of aliphatic hydroxyl groups is 1. The largest absolute Gasteiger partial charge is 0.392 e. The highest BCUT2D eigenvalue weighted by Gasteiger charge is 2.12. The van der Waals surface area contributed by atoms with Crippen LogP contribution in [-0.2, 0) is 11.3 Å². The lowest BCUT2D eigenvalue weighted by molar-refractivity contribution is 0.204. The lowest BCUT2D eigenvalue weighted by Crippen LogP contribution is -2.31. The summed E-state index contributed by atoms with van der Waals surface area (Å²) >= 11 is 0. The van der Waals surface area contributed by atoms with Gasteiger partial charge in [-0.3, -0.25) is 0 Å². The van der Waals surface area contributed by atoms with Crippen molar-refractivity contribution < 1.29 is 9.84 Å². The van der Waals surface area contributed by atoms with Crippen molar-refractivity contribution in [2.75, 3.05) is 31.7 Å². The van der Waals surface area contributed by atoms with Crippen molar-refractivity contribution in [3.05, 3.63) is 29.3 Å². The molecule has 0 fully saturated rings. The second-order valence-corrected chi connectivity index (χ2v) is 5.12. The fraction of sp³-hybridized carbons (Fsp3) is 0.600. The number of hydrogen-bond donors (Lipinski definition) is 1. The van der Waals surface area contributed by atoms with E-state index in [0.717, 1.165) is 24.3 Å². The van der Waals surface area contributed by atoms with Gasteiger partial charge in [-0.1, -0.05) is 31.5 Å². The second-order valence-electron chi connectivity index (χ2n) is 5.12. The first-order valence-electron chi connectivity index (χ1n) is 6.52. The summed E-state index contributed by atoms with van der Waals surface area (Å²) in [7, 11) is 1.72. The molecule has 0 saturated carbocycles. The summed E-state index contributed by atoms with van der Waals surface area (Å²) in [5.41, 5.74) is 3.29. The minimum absolute atomic E-state index is 0.0819. The van der Waals surface area contributed by atoms with E-state index in [4.69, 9.17) is 4.74 Å². The minimum atomic E-state index is 0.0819. The lowest BCUT2D eigenvalue weighted by Gasteiger charge is -2.28. The molecule has 0 atom stereocenters. The van der Waals surface area contributed by atoms with E-state index in [1.807, 2.05) is 6.92 Å². The third-order valence-electron chi connectivity index (χ3n) is 2.90. The zero-order chi connectivity index (χ0) is 13.5. The van der Waals surface area contributed by atoms with Crippen molar-refractivity contribution in [3.63, 3.8) is 0 Å². The molecule has 0 aliphatic rings. The van der Waals surface area contributed by atoms with E-state index < -0.39 is 0 Å². The van der Waals surface area contributed by atoms with Gasteiger partial charge in [0.25, 0.3) is 0 Å². The first-order chi connectivity index (χ1) is 8.58. The van der Waals surface area contributed by atoms with E-state index >= 15 is 0 Å². The van der Waals surface area contributed by atoms with Crippen LogP contribution in [-0.4, -0.2) is 31.9 Å². The molecule has 0 radical (unpaired) electrons. The number of anilines is 1. The quantitative estimate of drug-likeness (QED) is 0.808. The van der Waals surface area contributed by atoms with E-state index in [-0.39, 0.29) is 6.61 Å². The van der Waals surface area contributed by atoms with Crippen LogP contribution >= 0.6 is 0 Å². The summed E-state index contributed by atoms with van der Waals surface area (Å²) in [5, 5.41) is 9.49. The molecule has 0 unspecified atom stereocenters. The highest BCUT2D eigenvalue weighted by Crippen LogP contribution is 2.23. The maximum atomic E-state index is 9.49. The number of aliphatic hydroxyl groups excluding tert-OH is 1. The van der Waals surface area contributed by atoms with E-state index in [2.05, 4.69) is 36.9 Å². The minimum Gasteiger partial charge on any atom is -0.392 e. The van der Waals surface area contributed by atoms with Crippen molar-refractivity contribution in [2.24, 2.45) is 5.92 Å². The van der Waals surface area contributed by atoms with Gasteiger partial charge in [-0.2, -0.15) is 0 Å². The van der Waals surface area contributed by atoms with Crippen molar-refractivity contribution in [2.45, 2.75) is 27.4 Å². The third kappa shape index (κ3) is 4.31. The molecule has 0 saturated heterocycles. The van der Waals surface area contributed by atoms with Gasteiger partial charge in [0.15, 0.2) is 0 Å². The molecule has 18 heavy (non-hydrogen) atoms. The van der Waals surface area contributed by atoms with Crippen LogP contribution in [0.1, 0.15) is 25.0 Å². The van der Waals surface area contributed by atoms with Crippen molar-refractivity contribution in [1.82, 2.24) is 0 Å². The second kappa shape index (κ2) is 7.39. The average molecular weight is 251 g/mol. The van der Waals surface area contributed by atoms with Crippen molar-refractivity contribution >= 4 is 5.69 Å². The topological polar surface area (TPSA) is 32.7 Å². The van der Waals surface area contributed by atoms with Gasteiger partial charge in [0, 0.05) is 31.5 Å². The summed E-state index contributed by atoms with van der Waals surface area (Å²) in [6.07, 6.45) is 0. The van der Waals surface area contributed by atoms with Gasteiger partial charge in [-0.05, 0) is 18.9 Å². The monoisotopic (exact) mass is 251 g/mol. The van der Waals surface area contributed by atoms with Gasteiger partial charge in [0.1, 0.15) is 0 Å². The zero-order valence-corrected chi connectivity index (χ0v) is 11.9. The smallest absolute Gasteiger partial charge is 0.0702 e. The number of ether oxygens (including phenoxy) is 1. The van der Waals surface area contributed by atoms with Crippen LogP contribution in [0, 0.1) is 12.8 Å². The first-order valence-corrected chi connectivity index (χ1v) is 6.52. The number of aryl methyl sites for hydroxylation is 1. The van der Waals surface area contributed by atoms with Gasteiger partial charge in [0.05, 0.1) is 13.2 Å². The summed E-state index contributed by atoms with van der Waals surface area (Å²) in [5.74, 6) is 0.578. The van der Waals surface area contributed by atoms with E-state index in [1.165, 1.54) is 5.56 Å². The summed E-state index contributed by atoms with van der Waals surface area (Å²) in [4.78, 5) is 2.29. The molecule has 0 amide bonds. The molecule has 1 aromatic rings. The molecule has 3 heteroatoms. The molecule has 102 valence electrons. The van der Waals surface area contributed by atoms with Crippen LogP contribution in [0.25, 0.3) is 0 Å². The summed E-state index contributed by atoms with van der Waals surface area (Å²) in [6, 6.07) is 6.24. The molecule has 1 aromatic carbocycles. The van der Waals surface area contributed by atoms with Crippen LogP contribution < -0.4 is 4.90 Å². The standard InChI is InChI=1S/C15H25NO2/c1-12(2)10-16(7-8-18-4)15-6-5-13(3)9-14(15)11-17/h5-6,9,12,17H,7-8,10-11H2,1-4H3.